The highest BCUT2D eigenvalue weighted by Crippen LogP contribution is 2.38. The Bertz CT molecular complexity index is 253. The number of alkyl halides is 1. The van der Waals surface area contributed by atoms with E-state index in [0.717, 1.165) is 29.5 Å². The molecule has 0 spiro atoms. The van der Waals surface area contributed by atoms with Gasteiger partial charge in [-0.15, -0.1) is 0 Å². The first-order valence-corrected chi connectivity index (χ1v) is 4.27. The zero-order valence-corrected chi connectivity index (χ0v) is 9.05. The van der Waals surface area contributed by atoms with Crippen LogP contribution >= 0.6 is 22.6 Å². The Morgan fingerprint density at radius 2 is 1.21 bits per heavy atom. The van der Waals surface area contributed by atoms with Crippen molar-refractivity contribution in [3.8, 4) is 0 Å². The van der Waals surface area contributed by atoms with Gasteiger partial charge < -0.3 is 20.4 Å². The fourth-order valence-electron chi connectivity index (χ4n) is 0.860. The molecule has 4 N–H and O–H groups in total. The Labute approximate surface area is 91.5 Å². The predicted octanol–water partition coefficient (Wildman–Crippen LogP) is -0.630. The zero-order valence-electron chi connectivity index (χ0n) is 6.89. The van der Waals surface area contributed by atoms with Crippen molar-refractivity contribution in [2.75, 3.05) is 0 Å². The van der Waals surface area contributed by atoms with E-state index in [1.54, 1.807) is 0 Å². The standard InChI is InChI=1S/C6H7IO7/c1-5(7,14)6(2(8)9,3(10)11)4(12)13/h14H,1H3,(H,8,9)(H,10,11)(H,12,13). The lowest BCUT2D eigenvalue weighted by atomic mass is 9.83. The Morgan fingerprint density at radius 1 is 1.00 bits per heavy atom. The maximum Gasteiger partial charge on any atom is 0.336 e. The van der Waals surface area contributed by atoms with Crippen LogP contribution < -0.4 is 0 Å². The lowest BCUT2D eigenvalue weighted by Crippen LogP contribution is -2.58. The molecule has 0 aromatic rings. The van der Waals surface area contributed by atoms with Crippen LogP contribution in [0.2, 0.25) is 0 Å². The van der Waals surface area contributed by atoms with Gasteiger partial charge in [0.1, 0.15) is 0 Å². The molecule has 0 fully saturated rings. The van der Waals surface area contributed by atoms with Crippen LogP contribution in [-0.2, 0) is 14.4 Å². The topological polar surface area (TPSA) is 132 Å². The van der Waals surface area contributed by atoms with Crippen molar-refractivity contribution in [1.82, 2.24) is 0 Å². The number of carbonyl (C=O) groups is 3. The Morgan fingerprint density at radius 3 is 1.21 bits per heavy atom. The molecule has 1 unspecified atom stereocenters. The smallest absolute Gasteiger partial charge is 0.336 e. The highest BCUT2D eigenvalue weighted by atomic mass is 127. The summed E-state index contributed by atoms with van der Waals surface area (Å²) >= 11 is 1.05. The normalized spacial score (nSPS) is 15.6. The number of carboxylic acid groups (broad SMARTS) is 3. The summed E-state index contributed by atoms with van der Waals surface area (Å²) in [4.78, 5) is 31.9. The van der Waals surface area contributed by atoms with Gasteiger partial charge in [0, 0.05) is 0 Å². The molecule has 0 saturated heterocycles. The summed E-state index contributed by atoms with van der Waals surface area (Å²) in [5.74, 6) is -6.38. The average Bonchev–Trinajstić information content (AvgIpc) is 1.79. The van der Waals surface area contributed by atoms with Crippen LogP contribution in [0.15, 0.2) is 0 Å². The Kier molecular flexibility index (Phi) is 3.45. The van der Waals surface area contributed by atoms with Gasteiger partial charge in [-0.05, 0) is 29.5 Å². The predicted molar refractivity (Wildman–Crippen MR) is 50.0 cm³/mol. The van der Waals surface area contributed by atoms with E-state index >= 15 is 0 Å². The summed E-state index contributed by atoms with van der Waals surface area (Å²) in [6, 6.07) is 0. The van der Waals surface area contributed by atoms with E-state index in [1.807, 2.05) is 0 Å². The summed E-state index contributed by atoms with van der Waals surface area (Å²) in [6.45, 7) is 0.796. The van der Waals surface area contributed by atoms with E-state index in [2.05, 4.69) is 0 Å². The van der Waals surface area contributed by atoms with Gasteiger partial charge in [0.2, 0.25) is 0 Å². The number of aliphatic hydroxyl groups is 1. The summed E-state index contributed by atoms with van der Waals surface area (Å²) in [7, 11) is 0. The number of halogens is 1. The Balaban J connectivity index is 5.78. The van der Waals surface area contributed by atoms with Crippen molar-refractivity contribution in [3.05, 3.63) is 0 Å². The third-order valence-corrected chi connectivity index (χ3v) is 2.46. The summed E-state index contributed by atoms with van der Waals surface area (Å²) < 4.78 is -2.45. The van der Waals surface area contributed by atoms with Crippen LogP contribution in [0.5, 0.6) is 0 Å². The van der Waals surface area contributed by atoms with Crippen LogP contribution in [0.25, 0.3) is 0 Å². The first-order valence-electron chi connectivity index (χ1n) is 3.20. The molecule has 1 atom stereocenters. The number of carboxylic acids is 3. The molecule has 0 aromatic heterocycles. The first kappa shape index (κ1) is 13.1. The van der Waals surface area contributed by atoms with Crippen LogP contribution in [0, 0.1) is 5.41 Å². The van der Waals surface area contributed by atoms with Crippen molar-refractivity contribution >= 4 is 40.5 Å². The molecular weight excluding hydrogens is 311 g/mol. The molecular formula is C6H7IO7. The minimum Gasteiger partial charge on any atom is -0.480 e. The zero-order chi connectivity index (χ0) is 11.7. The van der Waals surface area contributed by atoms with Gasteiger partial charge in [-0.3, -0.25) is 14.4 Å². The average molecular weight is 318 g/mol. The van der Waals surface area contributed by atoms with Crippen LogP contribution in [0.4, 0.5) is 0 Å². The fourth-order valence-corrected chi connectivity index (χ4v) is 1.55. The highest BCUT2D eigenvalue weighted by Gasteiger charge is 2.65. The lowest BCUT2D eigenvalue weighted by Gasteiger charge is -2.29. The molecule has 0 aliphatic rings. The summed E-state index contributed by atoms with van der Waals surface area (Å²) in [6.07, 6.45) is 0. The number of aliphatic carboxylic acids is 3. The molecule has 0 amide bonds. The molecule has 0 rings (SSSR count). The highest BCUT2D eigenvalue weighted by molar-refractivity contribution is 14.1. The molecule has 0 heterocycles. The van der Waals surface area contributed by atoms with Gasteiger partial charge in [-0.2, -0.15) is 0 Å². The third-order valence-electron chi connectivity index (χ3n) is 1.65. The minimum atomic E-state index is -3.27. The van der Waals surface area contributed by atoms with Crippen molar-refractivity contribution in [1.29, 1.82) is 0 Å². The summed E-state index contributed by atoms with van der Waals surface area (Å²) in [5.41, 5.74) is -3.27. The van der Waals surface area contributed by atoms with Crippen molar-refractivity contribution in [2.24, 2.45) is 5.41 Å². The van der Waals surface area contributed by atoms with E-state index < -0.39 is 26.9 Å². The molecule has 0 aromatic carbocycles. The number of rotatable bonds is 4. The Hall–Kier alpha value is -0.900. The molecule has 0 saturated carbocycles. The third kappa shape index (κ3) is 1.66. The first-order chi connectivity index (χ1) is 6.08. The molecule has 0 bridgehead atoms. The molecule has 0 aliphatic heterocycles. The second-order valence-electron chi connectivity index (χ2n) is 2.62. The largest absolute Gasteiger partial charge is 0.480 e. The lowest BCUT2D eigenvalue weighted by molar-refractivity contribution is -0.184. The number of hydrogen-bond acceptors (Lipinski definition) is 4. The van der Waals surface area contributed by atoms with Crippen LogP contribution in [0.1, 0.15) is 6.92 Å². The van der Waals surface area contributed by atoms with Crippen molar-refractivity contribution < 1.29 is 34.8 Å². The van der Waals surface area contributed by atoms with Gasteiger partial charge in [-0.25, -0.2) is 0 Å². The minimum absolute atomic E-state index is 0.796. The second-order valence-corrected chi connectivity index (χ2v) is 4.72. The van der Waals surface area contributed by atoms with Crippen LogP contribution in [0.3, 0.4) is 0 Å². The quantitative estimate of drug-likeness (QED) is 0.308. The van der Waals surface area contributed by atoms with Crippen LogP contribution in [-0.4, -0.2) is 41.9 Å². The van der Waals surface area contributed by atoms with Gasteiger partial charge in [-0.1, -0.05) is 0 Å². The van der Waals surface area contributed by atoms with E-state index in [4.69, 9.17) is 15.3 Å². The molecule has 8 heteroatoms. The van der Waals surface area contributed by atoms with Gasteiger partial charge >= 0.3 is 17.9 Å². The van der Waals surface area contributed by atoms with Gasteiger partial charge in [0.15, 0.2) is 3.61 Å². The van der Waals surface area contributed by atoms with E-state index in [-0.39, 0.29) is 0 Å². The maximum atomic E-state index is 10.6. The molecule has 80 valence electrons. The van der Waals surface area contributed by atoms with Crippen molar-refractivity contribution in [3.63, 3.8) is 0 Å². The monoisotopic (exact) mass is 318 g/mol. The molecule has 0 aliphatic carbocycles. The second kappa shape index (κ2) is 3.69. The van der Waals surface area contributed by atoms with E-state index in [1.165, 1.54) is 0 Å². The van der Waals surface area contributed by atoms with Gasteiger partial charge in [0.05, 0.1) is 0 Å². The number of hydrogen-bond donors (Lipinski definition) is 4. The SMILES string of the molecule is CC(O)(I)C(C(=O)O)(C(=O)O)C(=O)O. The molecule has 7 nitrogen and oxygen atoms in total. The maximum absolute atomic E-state index is 10.6. The fraction of sp³-hybridized carbons (Fsp3) is 0.500. The molecule has 0 radical (unpaired) electrons. The van der Waals surface area contributed by atoms with Gasteiger partial charge in [0.25, 0.3) is 5.41 Å². The molecule has 14 heavy (non-hydrogen) atoms. The van der Waals surface area contributed by atoms with E-state index in [0.29, 0.717) is 0 Å². The van der Waals surface area contributed by atoms with Crippen molar-refractivity contribution in [2.45, 2.75) is 10.5 Å². The van der Waals surface area contributed by atoms with E-state index in [9.17, 15) is 19.5 Å². The summed E-state index contributed by atoms with van der Waals surface area (Å²) in [5, 5.41) is 35.0.